The van der Waals surface area contributed by atoms with Crippen LogP contribution in [0, 0.1) is 0 Å². The summed E-state index contributed by atoms with van der Waals surface area (Å²) in [7, 11) is 5.84. The highest BCUT2D eigenvalue weighted by Crippen LogP contribution is 2.16. The maximum Gasteiger partial charge on any atom is 0.305 e. The zero-order chi connectivity index (χ0) is 61.0. The molecular weight excluding hydrogens is 1020 g/mol. The minimum Gasteiger partial charge on any atom is -0.469 e. The number of hydrogen-bond donors (Lipinski definition) is 0. The number of methoxy groups -OCH3 is 4. The second-order valence-electron chi connectivity index (χ2n) is 23.3. The summed E-state index contributed by atoms with van der Waals surface area (Å²) in [6, 6.07) is 0. The summed E-state index contributed by atoms with van der Waals surface area (Å²) in [4.78, 5) is 43.6. The minimum absolute atomic E-state index is 0.0651. The second-order valence-corrected chi connectivity index (χ2v) is 23.3. The number of esters is 4. The fourth-order valence-electron chi connectivity index (χ4n) is 9.76. The fraction of sp³-hybridized carbons (Fsp3) is 0.865. The van der Waals surface area contributed by atoms with Crippen LogP contribution in [0.3, 0.4) is 0 Å². The lowest BCUT2D eigenvalue weighted by Crippen LogP contribution is -1.99. The third kappa shape index (κ3) is 88.3. The lowest BCUT2D eigenvalue weighted by atomic mass is 10.0. The molecule has 0 aromatic heterocycles. The highest BCUT2D eigenvalue weighted by molar-refractivity contribution is 5.70. The van der Waals surface area contributed by atoms with Gasteiger partial charge in [0.05, 0.1) is 28.4 Å². The van der Waals surface area contributed by atoms with Crippen LogP contribution in [0.1, 0.15) is 387 Å². The summed E-state index contributed by atoms with van der Waals surface area (Å²) < 4.78 is 18.5. The Morgan fingerprint density at radius 2 is 0.354 bits per heavy atom. The van der Waals surface area contributed by atoms with Gasteiger partial charge in [0, 0.05) is 25.7 Å². The molecule has 0 saturated carbocycles. The smallest absolute Gasteiger partial charge is 0.305 e. The molecule has 0 fully saturated rings. The largest absolute Gasteiger partial charge is 0.469 e. The normalized spacial score (nSPS) is 11.0. The number of hydrogen-bond acceptors (Lipinski definition) is 8. The van der Waals surface area contributed by atoms with Crippen molar-refractivity contribution in [2.24, 2.45) is 0 Å². The van der Waals surface area contributed by atoms with Crippen molar-refractivity contribution in [3.63, 3.8) is 0 Å². The molecule has 0 aliphatic carbocycles. The highest BCUT2D eigenvalue weighted by Gasteiger charge is 2.03. The average molecular weight is 1160 g/mol. The SMILES string of the molecule is CCCCC/C=C\C/C=C\CCCCCCCC(=O)OC.CCCCCCCC/C=C\CCCCCCCC(=O)OC.CCCCCCCCCCCCCCCC(=O)OC.CCCCCCCCCCCCCCCCCC(=O)OC. The maximum absolute atomic E-state index is 10.9. The third-order valence-corrected chi connectivity index (χ3v) is 15.4. The summed E-state index contributed by atoms with van der Waals surface area (Å²) in [5.74, 6) is -0.291. The summed E-state index contributed by atoms with van der Waals surface area (Å²) in [6.45, 7) is 9.05. The van der Waals surface area contributed by atoms with Gasteiger partial charge >= 0.3 is 23.9 Å². The molecule has 0 amide bonds. The molecule has 0 saturated heterocycles. The van der Waals surface area contributed by atoms with Gasteiger partial charge in [-0.2, -0.15) is 0 Å². The van der Waals surface area contributed by atoms with Crippen LogP contribution in [0.5, 0.6) is 0 Å². The Bertz CT molecular complexity index is 1320. The highest BCUT2D eigenvalue weighted by atomic mass is 16.5. The molecule has 0 unspecified atom stereocenters. The lowest BCUT2D eigenvalue weighted by Gasteiger charge is -2.03. The molecule has 8 heteroatoms. The van der Waals surface area contributed by atoms with Crippen molar-refractivity contribution in [1.29, 1.82) is 0 Å². The van der Waals surface area contributed by atoms with E-state index < -0.39 is 0 Å². The number of allylic oxidation sites excluding steroid dienone is 6. The molecule has 0 bridgehead atoms. The van der Waals surface area contributed by atoms with Crippen molar-refractivity contribution < 1.29 is 38.1 Å². The molecule has 0 spiro atoms. The van der Waals surface area contributed by atoms with Gasteiger partial charge in [-0.25, -0.2) is 0 Å². The molecule has 0 aromatic rings. The number of carbonyl (C=O) groups excluding carboxylic acids is 4. The fourth-order valence-corrected chi connectivity index (χ4v) is 9.76. The van der Waals surface area contributed by atoms with Crippen LogP contribution in [0.2, 0.25) is 0 Å². The van der Waals surface area contributed by atoms with E-state index in [-0.39, 0.29) is 23.9 Å². The van der Waals surface area contributed by atoms with Gasteiger partial charge < -0.3 is 18.9 Å². The van der Waals surface area contributed by atoms with Crippen molar-refractivity contribution in [1.82, 2.24) is 0 Å². The first-order valence-electron chi connectivity index (χ1n) is 35.5. The van der Waals surface area contributed by atoms with Gasteiger partial charge in [-0.3, -0.25) is 19.2 Å². The molecule has 0 heterocycles. The van der Waals surface area contributed by atoms with E-state index in [4.69, 9.17) is 0 Å². The molecule has 0 atom stereocenters. The van der Waals surface area contributed by atoms with Crippen molar-refractivity contribution >= 4 is 23.9 Å². The summed E-state index contributed by atoms with van der Waals surface area (Å²) in [5, 5.41) is 0. The molecule has 0 aliphatic rings. The number of unbranched alkanes of at least 4 members (excludes halogenated alkanes) is 45. The first-order chi connectivity index (χ1) is 40.2. The first-order valence-corrected chi connectivity index (χ1v) is 35.5. The van der Waals surface area contributed by atoms with E-state index >= 15 is 0 Å². The number of rotatable bonds is 59. The lowest BCUT2D eigenvalue weighted by molar-refractivity contribution is -0.141. The molecule has 0 N–H and O–H groups in total. The number of ether oxygens (including phenoxy) is 4. The Morgan fingerprint density at radius 1 is 0.207 bits per heavy atom. The quantitative estimate of drug-likeness (QED) is 0.0257. The Morgan fingerprint density at radius 3 is 0.549 bits per heavy atom. The summed E-state index contributed by atoms with van der Waals surface area (Å²) in [6.07, 6.45) is 83.9. The van der Waals surface area contributed by atoms with E-state index in [2.05, 4.69) is 83.1 Å². The van der Waals surface area contributed by atoms with Crippen LogP contribution >= 0.6 is 0 Å². The van der Waals surface area contributed by atoms with E-state index in [9.17, 15) is 19.2 Å². The van der Waals surface area contributed by atoms with Gasteiger partial charge in [-0.05, 0) is 83.5 Å². The van der Waals surface area contributed by atoms with Crippen LogP contribution in [0.4, 0.5) is 0 Å². The van der Waals surface area contributed by atoms with Crippen LogP contribution in [-0.2, 0) is 38.1 Å². The van der Waals surface area contributed by atoms with Crippen LogP contribution in [-0.4, -0.2) is 52.3 Å². The molecule has 0 radical (unpaired) electrons. The van der Waals surface area contributed by atoms with Gasteiger partial charge in [0.25, 0.3) is 0 Å². The Kier molecular flexibility index (Phi) is 85.9. The van der Waals surface area contributed by atoms with Gasteiger partial charge in [-0.15, -0.1) is 0 Å². The predicted octanol–water partition coefficient (Wildman–Crippen LogP) is 24.2. The van der Waals surface area contributed by atoms with E-state index in [0.717, 1.165) is 44.9 Å². The average Bonchev–Trinajstić information content (AvgIpc) is 3.49. The van der Waals surface area contributed by atoms with Crippen LogP contribution in [0.15, 0.2) is 36.5 Å². The van der Waals surface area contributed by atoms with Crippen molar-refractivity contribution in [2.75, 3.05) is 28.4 Å². The monoisotopic (exact) mass is 1160 g/mol. The summed E-state index contributed by atoms with van der Waals surface area (Å²) >= 11 is 0. The van der Waals surface area contributed by atoms with Crippen molar-refractivity contribution in [3.8, 4) is 0 Å². The van der Waals surface area contributed by atoms with E-state index in [0.29, 0.717) is 25.7 Å². The Labute approximate surface area is 511 Å². The van der Waals surface area contributed by atoms with Gasteiger partial charge in [-0.1, -0.05) is 315 Å². The van der Waals surface area contributed by atoms with Gasteiger partial charge in [0.1, 0.15) is 0 Å². The second kappa shape index (κ2) is 82.3. The topological polar surface area (TPSA) is 105 Å². The zero-order valence-corrected chi connectivity index (χ0v) is 56.3. The van der Waals surface area contributed by atoms with E-state index in [1.807, 2.05) is 0 Å². The number of carbonyl (C=O) groups is 4. The predicted molar refractivity (Wildman–Crippen MR) is 357 cm³/mol. The van der Waals surface area contributed by atoms with Crippen LogP contribution in [0.25, 0.3) is 0 Å². The maximum atomic E-state index is 10.9. The van der Waals surface area contributed by atoms with Gasteiger partial charge in [0.15, 0.2) is 0 Å². The summed E-state index contributed by atoms with van der Waals surface area (Å²) in [5.41, 5.74) is 0. The third-order valence-electron chi connectivity index (χ3n) is 15.4. The van der Waals surface area contributed by atoms with E-state index in [1.54, 1.807) is 0 Å². The Hall–Kier alpha value is -2.90. The molecule has 486 valence electrons. The van der Waals surface area contributed by atoms with Crippen LogP contribution < -0.4 is 0 Å². The molecule has 8 nitrogen and oxygen atoms in total. The van der Waals surface area contributed by atoms with Crippen molar-refractivity contribution in [3.05, 3.63) is 36.5 Å². The standard InChI is InChI=1S/C19H38O2.C19H36O2.C19H34O2.C17H34O2/c3*1-3-4-5-6-7-8-9-10-11-12-13-14-15-16-17-18-19(20)21-2;1-3-4-5-6-7-8-9-10-11-12-13-14-15-16-17(18)19-2/h3-18H2,1-2H3;10-11H,3-9,12-18H2,1-2H3;7-8,10-11H,3-6,9,12-18H2,1-2H3;3-16H2,1-2H3/b;11-10-;8-7-,11-10-;. The molecule has 82 heavy (non-hydrogen) atoms. The first kappa shape index (κ1) is 85.5. The molecule has 0 aliphatic heterocycles. The van der Waals surface area contributed by atoms with Gasteiger partial charge in [0.2, 0.25) is 0 Å². The van der Waals surface area contributed by atoms with Crippen molar-refractivity contribution in [2.45, 2.75) is 387 Å². The minimum atomic E-state index is -0.0827. The molecule has 0 aromatic carbocycles. The molecule has 0 rings (SSSR count). The zero-order valence-electron chi connectivity index (χ0n) is 56.3. The molecular formula is C74H142O8. The Balaban J connectivity index is -0.000000495. The van der Waals surface area contributed by atoms with E-state index in [1.165, 1.54) is 317 Å².